The van der Waals surface area contributed by atoms with Crippen molar-refractivity contribution in [2.45, 2.75) is 6.04 Å². The summed E-state index contributed by atoms with van der Waals surface area (Å²) in [4.78, 5) is 0. The van der Waals surface area contributed by atoms with Crippen LogP contribution in [0, 0.1) is 11.3 Å². The Kier molecular flexibility index (Phi) is 4.70. The number of nitrogens with zero attached hydrogens (tertiary/aromatic N) is 1. The molecule has 0 fully saturated rings. The molecule has 3 nitrogen and oxygen atoms in total. The van der Waals surface area contributed by atoms with Gasteiger partial charge in [0.2, 0.25) is 0 Å². The molecule has 1 unspecified atom stereocenters. The van der Waals surface area contributed by atoms with Gasteiger partial charge in [0.05, 0.1) is 12.7 Å². The summed E-state index contributed by atoms with van der Waals surface area (Å²) in [7, 11) is 1.64. The molecule has 0 heterocycles. The van der Waals surface area contributed by atoms with E-state index in [0.29, 0.717) is 13.2 Å². The van der Waals surface area contributed by atoms with Crippen LogP contribution in [-0.2, 0) is 4.74 Å². The largest absolute Gasteiger partial charge is 0.383 e. The molecule has 0 aliphatic carbocycles. The van der Waals surface area contributed by atoms with Crippen molar-refractivity contribution in [3.63, 3.8) is 0 Å². The normalized spacial score (nSPS) is 12.0. The number of hydrogen-bond donors (Lipinski definition) is 1. The summed E-state index contributed by atoms with van der Waals surface area (Å²) in [6.07, 6.45) is 0. The van der Waals surface area contributed by atoms with Crippen LogP contribution >= 0.6 is 0 Å². The number of hydrogen-bond acceptors (Lipinski definition) is 3. The SMILES string of the molecule is COCCNC(C#N)c1ccccc1. The van der Waals surface area contributed by atoms with Gasteiger partial charge in [-0.2, -0.15) is 5.26 Å². The Morgan fingerprint density at radius 2 is 2.14 bits per heavy atom. The molecule has 1 rings (SSSR count). The molecule has 0 radical (unpaired) electrons. The Hall–Kier alpha value is -1.37. The molecule has 74 valence electrons. The Morgan fingerprint density at radius 3 is 2.71 bits per heavy atom. The highest BCUT2D eigenvalue weighted by Crippen LogP contribution is 2.10. The molecule has 1 aromatic rings. The van der Waals surface area contributed by atoms with Crippen molar-refractivity contribution in [3.05, 3.63) is 35.9 Å². The van der Waals surface area contributed by atoms with Crippen molar-refractivity contribution in [3.8, 4) is 6.07 Å². The predicted octanol–water partition coefficient (Wildman–Crippen LogP) is 1.49. The minimum absolute atomic E-state index is 0.244. The second kappa shape index (κ2) is 6.14. The topological polar surface area (TPSA) is 45.0 Å². The van der Waals surface area contributed by atoms with Crippen LogP contribution in [0.5, 0.6) is 0 Å². The highest BCUT2D eigenvalue weighted by Gasteiger charge is 2.07. The number of nitrogens with one attached hydrogen (secondary N) is 1. The minimum atomic E-state index is -0.244. The summed E-state index contributed by atoms with van der Waals surface area (Å²) < 4.78 is 4.90. The molecular formula is C11H14N2O. The molecule has 3 heteroatoms. The lowest BCUT2D eigenvalue weighted by Crippen LogP contribution is -2.23. The van der Waals surface area contributed by atoms with E-state index >= 15 is 0 Å². The third kappa shape index (κ3) is 3.17. The number of nitriles is 1. The van der Waals surface area contributed by atoms with Crippen molar-refractivity contribution in [2.24, 2.45) is 0 Å². The van der Waals surface area contributed by atoms with Crippen molar-refractivity contribution in [1.82, 2.24) is 5.32 Å². The zero-order valence-corrected chi connectivity index (χ0v) is 8.23. The van der Waals surface area contributed by atoms with Gasteiger partial charge in [0.1, 0.15) is 6.04 Å². The first-order valence-electron chi connectivity index (χ1n) is 4.55. The van der Waals surface area contributed by atoms with Crippen molar-refractivity contribution >= 4 is 0 Å². The van der Waals surface area contributed by atoms with Crippen LogP contribution in [-0.4, -0.2) is 20.3 Å². The zero-order chi connectivity index (χ0) is 10.2. The van der Waals surface area contributed by atoms with Gasteiger partial charge in [-0.15, -0.1) is 0 Å². The predicted molar refractivity (Wildman–Crippen MR) is 54.7 cm³/mol. The Morgan fingerprint density at radius 1 is 1.43 bits per heavy atom. The highest BCUT2D eigenvalue weighted by molar-refractivity contribution is 5.23. The second-order valence-electron chi connectivity index (χ2n) is 2.92. The Labute approximate surface area is 84.3 Å². The lowest BCUT2D eigenvalue weighted by molar-refractivity contribution is 0.198. The van der Waals surface area contributed by atoms with Gasteiger partial charge in [-0.05, 0) is 5.56 Å². The monoisotopic (exact) mass is 190 g/mol. The highest BCUT2D eigenvalue weighted by atomic mass is 16.5. The molecule has 0 aliphatic heterocycles. The fraction of sp³-hybridized carbons (Fsp3) is 0.364. The van der Waals surface area contributed by atoms with E-state index in [0.717, 1.165) is 5.56 Å². The zero-order valence-electron chi connectivity index (χ0n) is 8.23. The Balaban J connectivity index is 2.52. The molecule has 1 N–H and O–H groups in total. The first kappa shape index (κ1) is 10.7. The van der Waals surface area contributed by atoms with E-state index in [1.54, 1.807) is 7.11 Å². The second-order valence-corrected chi connectivity index (χ2v) is 2.92. The van der Waals surface area contributed by atoms with Crippen LogP contribution in [0.25, 0.3) is 0 Å². The van der Waals surface area contributed by atoms with Gasteiger partial charge < -0.3 is 4.74 Å². The maximum Gasteiger partial charge on any atom is 0.121 e. The minimum Gasteiger partial charge on any atom is -0.383 e. The fourth-order valence-corrected chi connectivity index (χ4v) is 1.19. The van der Waals surface area contributed by atoms with Crippen LogP contribution in [0.4, 0.5) is 0 Å². The summed E-state index contributed by atoms with van der Waals surface area (Å²) in [5, 5.41) is 12.0. The van der Waals surface area contributed by atoms with Gasteiger partial charge in [-0.1, -0.05) is 30.3 Å². The number of methoxy groups -OCH3 is 1. The summed E-state index contributed by atoms with van der Waals surface area (Å²) in [5.74, 6) is 0. The lowest BCUT2D eigenvalue weighted by atomic mass is 10.1. The summed E-state index contributed by atoms with van der Waals surface area (Å²) in [6, 6.07) is 11.6. The van der Waals surface area contributed by atoms with Gasteiger partial charge in [0.15, 0.2) is 0 Å². The van der Waals surface area contributed by atoms with Crippen molar-refractivity contribution < 1.29 is 4.74 Å². The van der Waals surface area contributed by atoms with Gasteiger partial charge in [0, 0.05) is 13.7 Å². The average Bonchev–Trinajstić information content (AvgIpc) is 2.26. The smallest absolute Gasteiger partial charge is 0.121 e. The van der Waals surface area contributed by atoms with Crippen LogP contribution in [0.3, 0.4) is 0 Å². The van der Waals surface area contributed by atoms with Crippen molar-refractivity contribution in [1.29, 1.82) is 5.26 Å². The standard InChI is InChI=1S/C11H14N2O/c1-14-8-7-13-11(9-12)10-5-3-2-4-6-10/h2-6,11,13H,7-8H2,1H3. The van der Waals surface area contributed by atoms with Crippen molar-refractivity contribution in [2.75, 3.05) is 20.3 Å². The van der Waals surface area contributed by atoms with E-state index in [4.69, 9.17) is 10.00 Å². The van der Waals surface area contributed by atoms with Gasteiger partial charge in [-0.3, -0.25) is 5.32 Å². The van der Waals surface area contributed by atoms with E-state index in [9.17, 15) is 0 Å². The van der Waals surface area contributed by atoms with Gasteiger partial charge >= 0.3 is 0 Å². The average molecular weight is 190 g/mol. The van der Waals surface area contributed by atoms with Crippen LogP contribution in [0.1, 0.15) is 11.6 Å². The lowest BCUT2D eigenvalue weighted by Gasteiger charge is -2.10. The van der Waals surface area contributed by atoms with Crippen LogP contribution in [0.15, 0.2) is 30.3 Å². The molecule has 0 bridgehead atoms. The fourth-order valence-electron chi connectivity index (χ4n) is 1.19. The number of benzene rings is 1. The Bertz CT molecular complexity index is 292. The third-order valence-electron chi connectivity index (χ3n) is 1.92. The molecular weight excluding hydrogens is 176 g/mol. The van der Waals surface area contributed by atoms with E-state index in [1.165, 1.54) is 0 Å². The number of rotatable bonds is 5. The maximum absolute atomic E-state index is 8.93. The molecule has 0 spiro atoms. The third-order valence-corrected chi connectivity index (χ3v) is 1.92. The molecule has 0 amide bonds. The molecule has 0 aromatic heterocycles. The summed E-state index contributed by atoms with van der Waals surface area (Å²) in [6.45, 7) is 1.30. The molecule has 0 saturated heterocycles. The molecule has 1 aromatic carbocycles. The van der Waals surface area contributed by atoms with Crippen LogP contribution in [0.2, 0.25) is 0 Å². The van der Waals surface area contributed by atoms with E-state index < -0.39 is 0 Å². The molecule has 14 heavy (non-hydrogen) atoms. The van der Waals surface area contributed by atoms with E-state index in [2.05, 4.69) is 11.4 Å². The van der Waals surface area contributed by atoms with E-state index in [1.807, 2.05) is 30.3 Å². The van der Waals surface area contributed by atoms with E-state index in [-0.39, 0.29) is 6.04 Å². The molecule has 1 atom stereocenters. The molecule has 0 saturated carbocycles. The van der Waals surface area contributed by atoms with Gasteiger partial charge in [0.25, 0.3) is 0 Å². The molecule has 0 aliphatic rings. The summed E-state index contributed by atoms with van der Waals surface area (Å²) >= 11 is 0. The quantitative estimate of drug-likeness (QED) is 0.715. The first-order valence-corrected chi connectivity index (χ1v) is 4.55. The maximum atomic E-state index is 8.93. The first-order chi connectivity index (χ1) is 6.88. The van der Waals surface area contributed by atoms with Crippen LogP contribution < -0.4 is 5.32 Å². The summed E-state index contributed by atoms with van der Waals surface area (Å²) in [5.41, 5.74) is 0.992. The van der Waals surface area contributed by atoms with Gasteiger partial charge in [-0.25, -0.2) is 0 Å². The number of ether oxygens (including phenoxy) is 1.